The summed E-state index contributed by atoms with van der Waals surface area (Å²) >= 11 is 7.08. The van der Waals surface area contributed by atoms with Gasteiger partial charge in [0.25, 0.3) is 0 Å². The largest absolute Gasteiger partial charge is 0.481 e. The van der Waals surface area contributed by atoms with Gasteiger partial charge in [0.2, 0.25) is 23.5 Å². The summed E-state index contributed by atoms with van der Waals surface area (Å²) < 4.78 is 60.6. The Labute approximate surface area is 320 Å². The summed E-state index contributed by atoms with van der Waals surface area (Å²) in [5.74, 6) is -1.30. The number of fused-ring (bicyclic) bond motifs is 1. The molecule has 2 atom stereocenters. The topological polar surface area (TPSA) is 157 Å². The van der Waals surface area contributed by atoms with Crippen LogP contribution >= 0.6 is 11.6 Å². The molecule has 3 aromatic heterocycles. The zero-order valence-electron chi connectivity index (χ0n) is 30.2. The molecule has 4 N–H and O–H groups in total. The molecule has 4 aromatic rings. The number of ether oxygens (including phenoxy) is 3. The molecular weight excluding hydrogens is 741 g/mol. The van der Waals surface area contributed by atoms with Crippen LogP contribution < -0.4 is 30.2 Å². The van der Waals surface area contributed by atoms with Gasteiger partial charge in [-0.3, -0.25) is 19.9 Å². The second kappa shape index (κ2) is 15.6. The van der Waals surface area contributed by atoms with Gasteiger partial charge in [0.1, 0.15) is 17.2 Å². The van der Waals surface area contributed by atoms with Crippen molar-refractivity contribution in [1.82, 2.24) is 30.9 Å². The van der Waals surface area contributed by atoms with E-state index in [2.05, 4.69) is 25.9 Å². The number of carbonyl (C=O) groups is 2. The molecule has 0 unspecified atom stereocenters. The van der Waals surface area contributed by atoms with Gasteiger partial charge in [-0.1, -0.05) is 35.9 Å². The quantitative estimate of drug-likeness (QED) is 0.112. The van der Waals surface area contributed by atoms with Crippen molar-refractivity contribution < 1.29 is 42.1 Å². The second-order valence-electron chi connectivity index (χ2n) is 13.9. The minimum atomic E-state index is -4.81. The number of hydrogen-bond donors (Lipinski definition) is 4. The molecule has 12 nitrogen and oxygen atoms in total. The lowest BCUT2D eigenvalue weighted by Crippen LogP contribution is -2.38. The molecule has 16 heteroatoms. The number of benzene rings is 1. The van der Waals surface area contributed by atoms with Gasteiger partial charge in [-0.05, 0) is 67.9 Å². The van der Waals surface area contributed by atoms with Crippen molar-refractivity contribution in [3.8, 4) is 40.2 Å². The third-order valence-corrected chi connectivity index (χ3v) is 10.7. The number of nitrogens with zero attached hydrogens (tertiary/aromatic N) is 3. The molecular formula is C39H40ClF3N6O6. The average molecular weight is 781 g/mol. The number of carboxylic acid groups (broad SMARTS) is 1. The van der Waals surface area contributed by atoms with Crippen LogP contribution in [0.1, 0.15) is 72.4 Å². The van der Waals surface area contributed by atoms with Gasteiger partial charge in [-0.25, -0.2) is 4.98 Å². The first-order valence-electron chi connectivity index (χ1n) is 18.0. The van der Waals surface area contributed by atoms with E-state index in [4.69, 9.17) is 30.8 Å². The Hall–Kier alpha value is -4.99. The first-order valence-corrected chi connectivity index (χ1v) is 18.4. The van der Waals surface area contributed by atoms with Crippen LogP contribution in [0.3, 0.4) is 0 Å². The van der Waals surface area contributed by atoms with E-state index in [-0.39, 0.29) is 29.9 Å². The lowest BCUT2D eigenvalue weighted by molar-refractivity contribution is -0.141. The highest BCUT2D eigenvalue weighted by atomic mass is 35.5. The van der Waals surface area contributed by atoms with Crippen molar-refractivity contribution in [3.63, 3.8) is 0 Å². The van der Waals surface area contributed by atoms with Crippen molar-refractivity contribution >= 4 is 23.5 Å². The van der Waals surface area contributed by atoms with E-state index in [1.54, 1.807) is 25.4 Å². The summed E-state index contributed by atoms with van der Waals surface area (Å²) in [6.07, 6.45) is -0.212. The van der Waals surface area contributed by atoms with Crippen molar-refractivity contribution in [3.05, 3.63) is 81.5 Å². The Morgan fingerprint density at radius 3 is 2.47 bits per heavy atom. The van der Waals surface area contributed by atoms with Crippen LogP contribution in [-0.4, -0.2) is 64.3 Å². The van der Waals surface area contributed by atoms with Gasteiger partial charge in [0, 0.05) is 60.5 Å². The van der Waals surface area contributed by atoms with Crippen LogP contribution in [0.5, 0.6) is 17.6 Å². The zero-order valence-corrected chi connectivity index (χ0v) is 30.9. The number of pyridine rings is 3. The number of carbonyl (C=O) groups excluding carboxylic acids is 1. The molecule has 4 heterocycles. The lowest BCUT2D eigenvalue weighted by Gasteiger charge is -2.29. The number of aromatic nitrogens is 3. The third kappa shape index (κ3) is 8.05. The van der Waals surface area contributed by atoms with Gasteiger partial charge < -0.3 is 30.0 Å². The molecule has 2 fully saturated rings. The fraction of sp³-hybridized carbons (Fsp3) is 0.410. The minimum absolute atomic E-state index is 0.0599. The Kier molecular flexibility index (Phi) is 10.9. The number of rotatable bonds is 14. The molecule has 2 aliphatic carbocycles. The van der Waals surface area contributed by atoms with E-state index in [1.807, 2.05) is 24.3 Å². The Morgan fingerprint density at radius 2 is 1.78 bits per heavy atom. The van der Waals surface area contributed by atoms with E-state index in [0.717, 1.165) is 29.2 Å². The van der Waals surface area contributed by atoms with E-state index in [1.165, 1.54) is 7.11 Å². The Morgan fingerprint density at radius 1 is 1.00 bits per heavy atom. The smallest absolute Gasteiger partial charge is 0.421 e. The highest BCUT2D eigenvalue weighted by Gasteiger charge is 2.50. The van der Waals surface area contributed by atoms with E-state index >= 15 is 0 Å². The molecule has 3 aliphatic rings. The first-order chi connectivity index (χ1) is 26.4. The van der Waals surface area contributed by atoms with Gasteiger partial charge >= 0.3 is 12.1 Å². The van der Waals surface area contributed by atoms with Crippen LogP contribution in [-0.2, 0) is 35.3 Å². The molecule has 55 heavy (non-hydrogen) atoms. The molecule has 1 saturated carbocycles. The molecule has 290 valence electrons. The molecule has 7 rings (SSSR count). The number of halogens is 4. The van der Waals surface area contributed by atoms with E-state index in [0.29, 0.717) is 85.0 Å². The molecule has 0 spiro atoms. The van der Waals surface area contributed by atoms with Crippen LogP contribution in [0.4, 0.5) is 13.2 Å². The molecule has 1 aromatic carbocycles. The maximum absolute atomic E-state index is 14.5. The Bertz CT molecular complexity index is 2110. The van der Waals surface area contributed by atoms with Crippen LogP contribution in [0, 0.1) is 0 Å². The van der Waals surface area contributed by atoms with Crippen molar-refractivity contribution in [2.24, 2.45) is 0 Å². The molecule has 1 amide bonds. The highest BCUT2D eigenvalue weighted by molar-refractivity contribution is 6.35. The number of carboxylic acids is 1. The average Bonchev–Trinajstić information content (AvgIpc) is 3.86. The molecule has 1 saturated heterocycles. The number of nitrogens with one attached hydrogen (secondary N) is 3. The minimum Gasteiger partial charge on any atom is -0.481 e. The highest BCUT2D eigenvalue weighted by Crippen LogP contribution is 2.45. The molecule has 0 radical (unpaired) electrons. The van der Waals surface area contributed by atoms with Crippen LogP contribution in [0.15, 0.2) is 48.7 Å². The van der Waals surface area contributed by atoms with E-state index < -0.39 is 35.2 Å². The maximum Gasteiger partial charge on any atom is 0.421 e. The predicted octanol–water partition coefficient (Wildman–Crippen LogP) is 6.43. The SMILES string of the molecule is COc1nc(-c2ccnc(-c3cccc4c3CCC[C@H]4Oc3nc(OC)c(CNC4(C(=O)O)CC4)cc3C(F)(F)F)c2Cl)ccc1CNC[C@@H]1CCC(=O)N1. The summed E-state index contributed by atoms with van der Waals surface area (Å²) in [5, 5.41) is 19.0. The predicted molar refractivity (Wildman–Crippen MR) is 196 cm³/mol. The summed E-state index contributed by atoms with van der Waals surface area (Å²) in [6, 6.07) is 12.0. The zero-order chi connectivity index (χ0) is 38.9. The summed E-state index contributed by atoms with van der Waals surface area (Å²) in [6.45, 7) is 0.928. The number of methoxy groups -OCH3 is 2. The lowest BCUT2D eigenvalue weighted by atomic mass is 9.85. The Balaban J connectivity index is 1.15. The summed E-state index contributed by atoms with van der Waals surface area (Å²) in [7, 11) is 2.83. The van der Waals surface area contributed by atoms with Crippen LogP contribution in [0.2, 0.25) is 5.02 Å². The number of amides is 1. The monoisotopic (exact) mass is 780 g/mol. The number of hydrogen-bond acceptors (Lipinski definition) is 10. The van der Waals surface area contributed by atoms with Gasteiger partial charge in [-0.2, -0.15) is 18.2 Å². The van der Waals surface area contributed by atoms with E-state index in [9.17, 15) is 27.9 Å². The second-order valence-corrected chi connectivity index (χ2v) is 14.3. The maximum atomic E-state index is 14.5. The number of alkyl halides is 3. The van der Waals surface area contributed by atoms with Gasteiger partial charge in [0.15, 0.2) is 0 Å². The fourth-order valence-electron chi connectivity index (χ4n) is 7.23. The van der Waals surface area contributed by atoms with Crippen molar-refractivity contribution in [2.45, 2.75) is 81.9 Å². The normalized spacial score (nSPS) is 18.7. The summed E-state index contributed by atoms with van der Waals surface area (Å²) in [5.41, 5.74) is 2.59. The van der Waals surface area contributed by atoms with Crippen molar-refractivity contribution in [1.29, 1.82) is 0 Å². The van der Waals surface area contributed by atoms with Crippen LogP contribution in [0.25, 0.3) is 22.5 Å². The fourth-order valence-corrected chi connectivity index (χ4v) is 7.54. The molecule has 0 bridgehead atoms. The third-order valence-electron chi connectivity index (χ3n) is 10.4. The van der Waals surface area contributed by atoms with Gasteiger partial charge in [0.05, 0.1) is 30.6 Å². The molecule has 1 aliphatic heterocycles. The van der Waals surface area contributed by atoms with Crippen molar-refractivity contribution in [2.75, 3.05) is 20.8 Å². The summed E-state index contributed by atoms with van der Waals surface area (Å²) in [4.78, 5) is 36.7. The van der Waals surface area contributed by atoms with Gasteiger partial charge in [-0.15, -0.1) is 0 Å². The number of aliphatic carboxylic acids is 1. The first kappa shape index (κ1) is 38.3. The standard InChI is InChI=1S/C39H40ClF3N6O6/c1-53-34-21(18-44-20-23-10-12-31(50)47-23)9-11-29(48-34)27-13-16-45-33(32(27)40)26-7-3-6-25-24(26)5-4-8-30(25)55-36-28(39(41,42)43)17-22(35(49-36)54-2)19-46-38(14-15-38)37(51)52/h3,6-7,9,11,13,16-17,23,30,44,46H,4-5,8,10,12,14-15,18-20H2,1-2H3,(H,47,50)(H,51,52)/t23-,30+/m0/s1.